The van der Waals surface area contributed by atoms with Gasteiger partial charge in [-0.05, 0) is 40.2 Å². The molecule has 2 rings (SSSR count). The van der Waals surface area contributed by atoms with Crippen LogP contribution in [-0.4, -0.2) is 5.84 Å². The van der Waals surface area contributed by atoms with E-state index in [1.165, 1.54) is 6.07 Å². The van der Waals surface area contributed by atoms with Crippen molar-refractivity contribution in [3.8, 4) is 5.75 Å². The molecule has 0 aliphatic rings. The topological polar surface area (TPSA) is 59.1 Å². The Morgan fingerprint density at radius 1 is 1.25 bits per heavy atom. The van der Waals surface area contributed by atoms with Gasteiger partial charge in [-0.2, -0.15) is 0 Å². The molecule has 3 nitrogen and oxygen atoms in total. The molecule has 104 valence electrons. The molecule has 6 heteroatoms. The first-order valence-electron chi connectivity index (χ1n) is 5.68. The molecule has 0 spiro atoms. The third kappa shape index (κ3) is 3.37. The normalized spacial score (nSPS) is 10.3. The van der Waals surface area contributed by atoms with Gasteiger partial charge in [0.25, 0.3) is 0 Å². The van der Waals surface area contributed by atoms with Crippen molar-refractivity contribution in [2.75, 3.05) is 0 Å². The first-order valence-corrected chi connectivity index (χ1v) is 7.27. The molecule has 2 aromatic carbocycles. The summed E-state index contributed by atoms with van der Waals surface area (Å²) in [6.45, 7) is 0.0627. The van der Waals surface area contributed by atoms with Gasteiger partial charge >= 0.3 is 0 Å². The Labute approximate surface area is 132 Å². The van der Waals surface area contributed by atoms with Crippen LogP contribution in [0.2, 0.25) is 0 Å². The molecule has 3 N–H and O–H groups in total. The second-order valence-electron chi connectivity index (χ2n) is 4.06. The predicted octanol–water partition coefficient (Wildman–Crippen LogP) is 4.21. The molecule has 0 amide bonds. The average molecular weight is 402 g/mol. The fourth-order valence-electron chi connectivity index (χ4n) is 1.65. The molecule has 0 bridgehead atoms. The van der Waals surface area contributed by atoms with Gasteiger partial charge in [0.05, 0.1) is 10.0 Å². The minimum Gasteiger partial charge on any atom is -0.488 e. The molecule has 0 aromatic heterocycles. The predicted molar refractivity (Wildman–Crippen MR) is 83.6 cm³/mol. The number of ether oxygens (including phenoxy) is 1. The minimum absolute atomic E-state index is 0.0627. The van der Waals surface area contributed by atoms with Crippen LogP contribution in [-0.2, 0) is 6.61 Å². The molecule has 0 heterocycles. The number of benzene rings is 2. The zero-order valence-electron chi connectivity index (χ0n) is 10.3. The summed E-state index contributed by atoms with van der Waals surface area (Å²) >= 11 is 6.72. The summed E-state index contributed by atoms with van der Waals surface area (Å²) in [6, 6.07) is 10.2. The highest BCUT2D eigenvalue weighted by molar-refractivity contribution is 9.11. The molecular weight excluding hydrogens is 391 g/mol. The quantitative estimate of drug-likeness (QED) is 0.595. The fourth-order valence-corrected chi connectivity index (χ4v) is 2.81. The highest BCUT2D eigenvalue weighted by Crippen LogP contribution is 2.29. The molecule has 0 atom stereocenters. The van der Waals surface area contributed by atoms with Gasteiger partial charge in [0, 0.05) is 10.0 Å². The number of nitrogens with one attached hydrogen (secondary N) is 1. The highest BCUT2D eigenvalue weighted by atomic mass is 79.9. The van der Waals surface area contributed by atoms with E-state index in [2.05, 4.69) is 31.9 Å². The van der Waals surface area contributed by atoms with Crippen LogP contribution < -0.4 is 10.5 Å². The first-order chi connectivity index (χ1) is 9.49. The van der Waals surface area contributed by atoms with Crippen LogP contribution in [0, 0.1) is 11.2 Å². The number of nitrogen functional groups attached to an aromatic ring is 1. The van der Waals surface area contributed by atoms with Crippen molar-refractivity contribution < 1.29 is 9.13 Å². The van der Waals surface area contributed by atoms with Gasteiger partial charge in [0.15, 0.2) is 0 Å². The van der Waals surface area contributed by atoms with Crippen molar-refractivity contribution in [2.24, 2.45) is 5.73 Å². The molecule has 0 fully saturated rings. The summed E-state index contributed by atoms with van der Waals surface area (Å²) in [5.74, 6) is -0.205. The third-order valence-electron chi connectivity index (χ3n) is 2.65. The van der Waals surface area contributed by atoms with Crippen molar-refractivity contribution in [3.63, 3.8) is 0 Å². The Hall–Kier alpha value is -1.40. The Kier molecular flexibility index (Phi) is 4.77. The molecule has 0 unspecified atom stereocenters. The zero-order chi connectivity index (χ0) is 14.7. The number of nitrogens with two attached hydrogens (primary N) is 1. The van der Waals surface area contributed by atoms with E-state index in [0.717, 1.165) is 8.95 Å². The summed E-state index contributed by atoms with van der Waals surface area (Å²) in [6.07, 6.45) is 0. The van der Waals surface area contributed by atoms with Crippen LogP contribution in [0.25, 0.3) is 0 Å². The lowest BCUT2D eigenvalue weighted by atomic mass is 10.1. The van der Waals surface area contributed by atoms with Gasteiger partial charge in [-0.3, -0.25) is 5.41 Å². The van der Waals surface area contributed by atoms with E-state index in [0.29, 0.717) is 11.3 Å². The second-order valence-corrected chi connectivity index (χ2v) is 5.83. The van der Waals surface area contributed by atoms with E-state index in [1.807, 2.05) is 12.1 Å². The van der Waals surface area contributed by atoms with Gasteiger partial charge < -0.3 is 10.5 Å². The standard InChI is InChI=1S/C14H11Br2FN2O/c15-9-4-5-12(11(16)6-9)20-7-8-2-1-3-10(13(8)17)14(18)19/h1-6H,7H2,(H3,18,19). The summed E-state index contributed by atoms with van der Waals surface area (Å²) in [7, 11) is 0. The monoisotopic (exact) mass is 400 g/mol. The summed E-state index contributed by atoms with van der Waals surface area (Å²) < 4.78 is 21.3. The molecule has 0 saturated carbocycles. The van der Waals surface area contributed by atoms with Crippen LogP contribution in [0.3, 0.4) is 0 Å². The van der Waals surface area contributed by atoms with Crippen molar-refractivity contribution >= 4 is 37.7 Å². The maximum atomic E-state index is 14.1. The lowest BCUT2D eigenvalue weighted by Gasteiger charge is -2.11. The van der Waals surface area contributed by atoms with Crippen LogP contribution in [0.1, 0.15) is 11.1 Å². The van der Waals surface area contributed by atoms with Crippen molar-refractivity contribution in [3.05, 3.63) is 62.3 Å². The second kappa shape index (κ2) is 6.37. The largest absolute Gasteiger partial charge is 0.488 e. The molecule has 0 aliphatic carbocycles. The van der Waals surface area contributed by atoms with Crippen molar-refractivity contribution in [1.29, 1.82) is 5.41 Å². The maximum Gasteiger partial charge on any atom is 0.140 e. The molecule has 0 aliphatic heterocycles. The van der Waals surface area contributed by atoms with Gasteiger partial charge in [0.2, 0.25) is 0 Å². The molecule has 20 heavy (non-hydrogen) atoms. The van der Waals surface area contributed by atoms with E-state index in [9.17, 15) is 4.39 Å². The summed E-state index contributed by atoms with van der Waals surface area (Å²) in [5, 5.41) is 7.31. The van der Waals surface area contributed by atoms with Crippen LogP contribution in [0.4, 0.5) is 4.39 Å². The first kappa shape index (κ1) is 15.0. The third-order valence-corrected chi connectivity index (χ3v) is 3.76. The Morgan fingerprint density at radius 3 is 2.65 bits per heavy atom. The van der Waals surface area contributed by atoms with E-state index in [1.54, 1.807) is 18.2 Å². The lowest BCUT2D eigenvalue weighted by molar-refractivity contribution is 0.298. The van der Waals surface area contributed by atoms with E-state index >= 15 is 0 Å². The van der Waals surface area contributed by atoms with Crippen LogP contribution >= 0.6 is 31.9 Å². The van der Waals surface area contributed by atoms with Crippen LogP contribution in [0.5, 0.6) is 5.75 Å². The van der Waals surface area contributed by atoms with Crippen LogP contribution in [0.15, 0.2) is 45.3 Å². The molecule has 2 aromatic rings. The van der Waals surface area contributed by atoms with E-state index in [-0.39, 0.29) is 18.0 Å². The summed E-state index contributed by atoms with van der Waals surface area (Å²) in [5.41, 5.74) is 5.76. The van der Waals surface area contributed by atoms with Gasteiger partial charge in [-0.25, -0.2) is 4.39 Å². The summed E-state index contributed by atoms with van der Waals surface area (Å²) in [4.78, 5) is 0. The fraction of sp³-hybridized carbons (Fsp3) is 0.0714. The number of hydrogen-bond acceptors (Lipinski definition) is 2. The highest BCUT2D eigenvalue weighted by Gasteiger charge is 2.11. The number of hydrogen-bond donors (Lipinski definition) is 2. The minimum atomic E-state index is -0.520. The number of amidine groups is 1. The molecular formula is C14H11Br2FN2O. The molecule has 0 saturated heterocycles. The number of halogens is 3. The Morgan fingerprint density at radius 2 is 2.00 bits per heavy atom. The maximum absolute atomic E-state index is 14.1. The molecule has 0 radical (unpaired) electrons. The Bertz CT molecular complexity index is 662. The van der Waals surface area contributed by atoms with Crippen molar-refractivity contribution in [1.82, 2.24) is 0 Å². The smallest absolute Gasteiger partial charge is 0.140 e. The van der Waals surface area contributed by atoms with E-state index < -0.39 is 5.82 Å². The Balaban J connectivity index is 2.19. The SMILES string of the molecule is N=C(N)c1cccc(COc2ccc(Br)cc2Br)c1F. The van der Waals surface area contributed by atoms with Crippen molar-refractivity contribution in [2.45, 2.75) is 6.61 Å². The van der Waals surface area contributed by atoms with Gasteiger partial charge in [0.1, 0.15) is 24.0 Å². The zero-order valence-corrected chi connectivity index (χ0v) is 13.5. The van der Waals surface area contributed by atoms with Gasteiger partial charge in [-0.1, -0.05) is 28.1 Å². The van der Waals surface area contributed by atoms with E-state index in [4.69, 9.17) is 15.9 Å². The lowest BCUT2D eigenvalue weighted by Crippen LogP contribution is -2.14. The average Bonchev–Trinajstić information content (AvgIpc) is 2.39. The van der Waals surface area contributed by atoms with Gasteiger partial charge in [-0.15, -0.1) is 0 Å². The number of rotatable bonds is 4.